The Bertz CT molecular complexity index is 1900. The van der Waals surface area contributed by atoms with E-state index in [1.54, 1.807) is 42.5 Å². The summed E-state index contributed by atoms with van der Waals surface area (Å²) < 4.78 is 19.0. The van der Waals surface area contributed by atoms with Crippen LogP contribution >= 0.6 is 11.6 Å². The number of phenolic OH excluding ortho intramolecular Hbond substituents is 1. The first-order chi connectivity index (χ1) is 22.5. The first-order valence-electron chi connectivity index (χ1n) is 14.9. The molecule has 3 fully saturated rings. The molecule has 2 saturated heterocycles. The van der Waals surface area contributed by atoms with Gasteiger partial charge in [-0.05, 0) is 78.4 Å². The highest BCUT2D eigenvalue weighted by atomic mass is 35.5. The fourth-order valence-electron chi connectivity index (χ4n) is 8.13. The largest absolute Gasteiger partial charge is 0.504 e. The van der Waals surface area contributed by atoms with Crippen molar-refractivity contribution in [1.82, 2.24) is 9.91 Å². The molecule has 11 nitrogen and oxygen atoms in total. The van der Waals surface area contributed by atoms with Gasteiger partial charge in [-0.3, -0.25) is 24.6 Å². The van der Waals surface area contributed by atoms with E-state index in [0.717, 1.165) is 5.01 Å². The first kappa shape index (κ1) is 30.4. The van der Waals surface area contributed by atoms with Crippen LogP contribution in [-0.4, -0.2) is 51.8 Å². The van der Waals surface area contributed by atoms with Gasteiger partial charge >= 0.3 is 6.03 Å². The molecule has 3 aromatic carbocycles. The number of hydrogen-bond donors (Lipinski definition) is 3. The van der Waals surface area contributed by atoms with Crippen LogP contribution in [0, 0.1) is 29.5 Å². The SMILES string of the molecule is COc1ccc(C2C3=CCC4C(=O)N(C(N)=O)C(=O)C4C3CC3C(=O)N(Nc4ccc(F)cc4)C(=O)C32c2ccc(Cl)cc2)cc1O. The molecule has 13 heteroatoms. The van der Waals surface area contributed by atoms with Crippen LogP contribution in [0.1, 0.15) is 29.9 Å². The van der Waals surface area contributed by atoms with Crippen molar-refractivity contribution in [1.29, 1.82) is 0 Å². The van der Waals surface area contributed by atoms with Gasteiger partial charge in [-0.1, -0.05) is 41.4 Å². The molecular formula is C34H28ClFN4O7. The summed E-state index contributed by atoms with van der Waals surface area (Å²) in [7, 11) is 1.39. The quantitative estimate of drug-likeness (QED) is 0.271. The van der Waals surface area contributed by atoms with Gasteiger partial charge in [0.25, 0.3) is 11.8 Å². The lowest BCUT2D eigenvalue weighted by Gasteiger charge is -2.50. The number of hydrazine groups is 1. The zero-order valence-corrected chi connectivity index (χ0v) is 25.6. The number of ether oxygens (including phenoxy) is 1. The third-order valence-electron chi connectivity index (χ3n) is 10.0. The summed E-state index contributed by atoms with van der Waals surface area (Å²) in [5.41, 5.74) is 8.48. The van der Waals surface area contributed by atoms with E-state index in [2.05, 4.69) is 5.43 Å². The smallest absolute Gasteiger partial charge is 0.328 e. The molecule has 1 saturated carbocycles. The van der Waals surface area contributed by atoms with E-state index < -0.39 is 70.5 Å². The number of phenols is 1. The molecule has 0 bridgehead atoms. The number of anilines is 1. The van der Waals surface area contributed by atoms with Crippen LogP contribution in [0.2, 0.25) is 5.02 Å². The van der Waals surface area contributed by atoms with Crippen LogP contribution in [0.3, 0.4) is 0 Å². The maximum Gasteiger partial charge on any atom is 0.328 e. The molecule has 4 N–H and O–H groups in total. The van der Waals surface area contributed by atoms with Gasteiger partial charge in [-0.15, -0.1) is 0 Å². The lowest BCUT2D eigenvalue weighted by Crippen LogP contribution is -2.53. The minimum Gasteiger partial charge on any atom is -0.504 e. The predicted octanol–water partition coefficient (Wildman–Crippen LogP) is 4.26. The number of methoxy groups -OCH3 is 1. The number of carbonyl (C=O) groups is 5. The summed E-state index contributed by atoms with van der Waals surface area (Å²) in [5.74, 6) is -7.88. The number of fused-ring (bicyclic) bond motifs is 4. The Hall–Kier alpha value is -5.23. The van der Waals surface area contributed by atoms with E-state index in [0.29, 0.717) is 26.6 Å². The summed E-state index contributed by atoms with van der Waals surface area (Å²) in [6.45, 7) is 0. The number of imide groups is 4. The van der Waals surface area contributed by atoms with Crippen LogP contribution in [0.15, 0.2) is 78.4 Å². The van der Waals surface area contributed by atoms with Crippen molar-refractivity contribution in [3.05, 3.63) is 100 Å². The number of amides is 6. The molecule has 2 aliphatic heterocycles. The Kier molecular flexibility index (Phi) is 7.08. The monoisotopic (exact) mass is 658 g/mol. The van der Waals surface area contributed by atoms with Crippen molar-refractivity contribution in [2.75, 3.05) is 12.5 Å². The molecule has 4 aliphatic rings. The van der Waals surface area contributed by atoms with Gasteiger partial charge in [-0.25, -0.2) is 9.18 Å². The summed E-state index contributed by atoms with van der Waals surface area (Å²) in [4.78, 5) is 69.1. The van der Waals surface area contributed by atoms with E-state index in [-0.39, 0.29) is 30.0 Å². The molecule has 2 heterocycles. The predicted molar refractivity (Wildman–Crippen MR) is 165 cm³/mol. The maximum atomic E-state index is 15.0. The van der Waals surface area contributed by atoms with Gasteiger partial charge in [0.05, 0.1) is 36.0 Å². The fraction of sp³-hybridized carbons (Fsp3) is 0.265. The van der Waals surface area contributed by atoms with Crippen molar-refractivity contribution in [2.45, 2.75) is 24.2 Å². The minimum absolute atomic E-state index is 0.0218. The van der Waals surface area contributed by atoms with Gasteiger partial charge < -0.3 is 15.6 Å². The molecule has 3 aromatic rings. The van der Waals surface area contributed by atoms with E-state index in [1.807, 2.05) is 0 Å². The number of hydrogen-bond acceptors (Lipinski definition) is 8. The van der Waals surface area contributed by atoms with Gasteiger partial charge in [0.2, 0.25) is 11.8 Å². The molecule has 0 spiro atoms. The molecule has 240 valence electrons. The normalized spacial score (nSPS) is 28.1. The number of aromatic hydroxyl groups is 1. The second-order valence-electron chi connectivity index (χ2n) is 12.2. The standard InChI is InChI=1S/C34H28ClFN4O7/c1-47-26-13-2-16(14-25(26)41)28-21-11-12-22-27(31(44)39(29(22)42)33(37)46)23(21)15-24-30(43)40(38-20-9-7-19(36)8-10-20)32(45)34(24,28)17-3-5-18(35)6-4-17/h2-11,13-14,22-24,27-28,38,41H,12,15H2,1H3,(H2,37,46). The first-order valence-corrected chi connectivity index (χ1v) is 15.3. The fourth-order valence-corrected chi connectivity index (χ4v) is 8.26. The van der Waals surface area contributed by atoms with Crippen molar-refractivity contribution in [3.63, 3.8) is 0 Å². The van der Waals surface area contributed by atoms with E-state index >= 15 is 4.79 Å². The molecule has 6 amide bonds. The molecule has 0 aromatic heterocycles. The van der Waals surface area contributed by atoms with Crippen molar-refractivity contribution in [2.24, 2.45) is 29.4 Å². The lowest BCUT2D eigenvalue weighted by atomic mass is 9.49. The number of nitrogens with two attached hydrogens (primary N) is 1. The van der Waals surface area contributed by atoms with Crippen LogP contribution in [-0.2, 0) is 24.6 Å². The summed E-state index contributed by atoms with van der Waals surface area (Å²) >= 11 is 6.28. The number of benzene rings is 3. The molecule has 2 aliphatic carbocycles. The molecule has 47 heavy (non-hydrogen) atoms. The Morgan fingerprint density at radius 3 is 2.34 bits per heavy atom. The van der Waals surface area contributed by atoms with Gasteiger partial charge in [-0.2, -0.15) is 9.91 Å². The molecule has 6 unspecified atom stereocenters. The summed E-state index contributed by atoms with van der Waals surface area (Å²) in [5, 5.41) is 12.2. The Labute approximate surface area is 272 Å². The maximum absolute atomic E-state index is 15.0. The third-order valence-corrected chi connectivity index (χ3v) is 10.3. The van der Waals surface area contributed by atoms with Crippen molar-refractivity contribution < 1.29 is 38.2 Å². The number of nitrogens with one attached hydrogen (secondary N) is 1. The van der Waals surface area contributed by atoms with E-state index in [9.17, 15) is 28.7 Å². The highest BCUT2D eigenvalue weighted by Crippen LogP contribution is 2.64. The topological polar surface area (TPSA) is 159 Å². The minimum atomic E-state index is -1.63. The van der Waals surface area contributed by atoms with Gasteiger partial charge in [0.15, 0.2) is 11.5 Å². The van der Waals surface area contributed by atoms with Crippen molar-refractivity contribution in [3.8, 4) is 11.5 Å². The lowest BCUT2D eigenvalue weighted by molar-refractivity contribution is -0.139. The molecule has 6 atom stereocenters. The number of primary amides is 1. The average Bonchev–Trinajstić information content (AvgIpc) is 3.43. The van der Waals surface area contributed by atoms with Crippen LogP contribution in [0.5, 0.6) is 11.5 Å². The average molecular weight is 659 g/mol. The highest BCUT2D eigenvalue weighted by Gasteiger charge is 2.70. The molecule has 0 radical (unpaired) electrons. The Balaban J connectivity index is 1.47. The zero-order valence-electron chi connectivity index (χ0n) is 24.9. The van der Waals surface area contributed by atoms with E-state index in [1.165, 1.54) is 37.4 Å². The second kappa shape index (κ2) is 10.9. The molecular weight excluding hydrogens is 631 g/mol. The molecule has 7 rings (SSSR count). The zero-order chi connectivity index (χ0) is 33.4. The number of allylic oxidation sites excluding steroid dienone is 2. The van der Waals surface area contributed by atoms with Crippen molar-refractivity contribution >= 4 is 46.9 Å². The third kappa shape index (κ3) is 4.34. The Morgan fingerprint density at radius 2 is 1.70 bits per heavy atom. The Morgan fingerprint density at radius 1 is 1.00 bits per heavy atom. The van der Waals surface area contributed by atoms with Crippen LogP contribution in [0.4, 0.5) is 14.9 Å². The number of nitrogens with zero attached hydrogens (tertiary/aromatic N) is 2. The number of halogens is 2. The number of carbonyl (C=O) groups excluding carboxylic acids is 5. The van der Waals surface area contributed by atoms with E-state index in [4.69, 9.17) is 22.1 Å². The van der Waals surface area contributed by atoms with Gasteiger partial charge in [0.1, 0.15) is 5.82 Å². The van der Waals surface area contributed by atoms with Crippen LogP contribution in [0.25, 0.3) is 0 Å². The van der Waals surface area contributed by atoms with Crippen LogP contribution < -0.4 is 15.9 Å². The number of likely N-dealkylation sites (tertiary alicyclic amines) is 1. The summed E-state index contributed by atoms with van der Waals surface area (Å²) in [6.07, 6.45) is 1.87. The summed E-state index contributed by atoms with van der Waals surface area (Å²) in [6, 6.07) is 15.2. The second-order valence-corrected chi connectivity index (χ2v) is 12.6. The number of urea groups is 1. The number of rotatable bonds is 5. The highest BCUT2D eigenvalue weighted by molar-refractivity contribution is 6.30. The van der Waals surface area contributed by atoms with Gasteiger partial charge in [0, 0.05) is 10.9 Å².